The molecule has 0 amide bonds. The maximum Gasteiger partial charge on any atom is 0.209 e. The molecule has 0 radical (unpaired) electrons. The minimum Gasteiger partial charge on any atom is -0.497 e. The van der Waals surface area contributed by atoms with Crippen LogP contribution in [0.5, 0.6) is 11.5 Å². The van der Waals surface area contributed by atoms with Gasteiger partial charge in [-0.2, -0.15) is 0 Å². The number of methoxy groups -OCH3 is 1. The third kappa shape index (κ3) is 3.64. The van der Waals surface area contributed by atoms with Gasteiger partial charge in [0.15, 0.2) is 5.60 Å². The van der Waals surface area contributed by atoms with Crippen LogP contribution in [0, 0.1) is 13.8 Å². The van der Waals surface area contributed by atoms with Gasteiger partial charge in [-0.3, -0.25) is 4.79 Å². The number of piperazine rings is 1. The number of rotatable bonds is 5. The molecule has 2 aromatic rings. The summed E-state index contributed by atoms with van der Waals surface area (Å²) in [4.78, 5) is 18.1. The van der Waals surface area contributed by atoms with E-state index in [2.05, 4.69) is 42.7 Å². The van der Waals surface area contributed by atoms with E-state index in [-0.39, 0.29) is 5.78 Å². The number of carbonyl (C=O) groups excluding carboxylic acids is 1. The van der Waals surface area contributed by atoms with E-state index in [9.17, 15) is 4.79 Å². The van der Waals surface area contributed by atoms with Crippen molar-refractivity contribution in [2.75, 3.05) is 43.1 Å². The van der Waals surface area contributed by atoms with Crippen LogP contribution in [0.25, 0.3) is 0 Å². The van der Waals surface area contributed by atoms with Crippen LogP contribution in [0.4, 0.5) is 11.4 Å². The van der Waals surface area contributed by atoms with Gasteiger partial charge in [0, 0.05) is 37.6 Å². The van der Waals surface area contributed by atoms with Crippen LogP contribution in [0.3, 0.4) is 0 Å². The molecule has 0 saturated carbocycles. The van der Waals surface area contributed by atoms with Crippen molar-refractivity contribution in [1.82, 2.24) is 0 Å². The van der Waals surface area contributed by atoms with Crippen LogP contribution in [0.15, 0.2) is 24.3 Å². The zero-order valence-corrected chi connectivity index (χ0v) is 19.7. The second-order valence-corrected chi connectivity index (χ2v) is 9.14. The summed E-state index contributed by atoms with van der Waals surface area (Å²) in [5.74, 6) is 1.80. The standard InChI is InChI=1S/C26H34N2O3/c1-7-8-21-22-24(31-26(4,5)25(22)29)18(3)17(2)23(21)28-15-13-27(14-16-28)19-9-11-20(30-6)12-10-19/h9-12H,7-8,13-16H2,1-6H3. The van der Waals surface area contributed by atoms with E-state index in [0.717, 1.165) is 61.6 Å². The predicted molar refractivity (Wildman–Crippen MR) is 126 cm³/mol. The van der Waals surface area contributed by atoms with Gasteiger partial charge in [0.25, 0.3) is 0 Å². The first-order valence-corrected chi connectivity index (χ1v) is 11.3. The SMILES string of the molecule is CCCc1c2c(c(C)c(C)c1N1CCN(c3ccc(OC)cc3)CC1)OC(C)(C)C2=O. The lowest BCUT2D eigenvalue weighted by atomic mass is 9.88. The zero-order valence-electron chi connectivity index (χ0n) is 19.7. The summed E-state index contributed by atoms with van der Waals surface area (Å²) in [7, 11) is 1.69. The summed E-state index contributed by atoms with van der Waals surface area (Å²) < 4.78 is 11.4. The first-order chi connectivity index (χ1) is 14.8. The minimum absolute atomic E-state index is 0.118. The van der Waals surface area contributed by atoms with Crippen molar-refractivity contribution >= 4 is 17.2 Å². The van der Waals surface area contributed by atoms with Gasteiger partial charge in [0.2, 0.25) is 5.78 Å². The highest BCUT2D eigenvalue weighted by molar-refractivity contribution is 6.10. The van der Waals surface area contributed by atoms with Crippen LogP contribution in [-0.2, 0) is 6.42 Å². The molecule has 2 aliphatic heterocycles. The minimum atomic E-state index is -0.784. The van der Waals surface area contributed by atoms with Crippen molar-refractivity contribution in [3.63, 3.8) is 0 Å². The van der Waals surface area contributed by atoms with Crippen molar-refractivity contribution in [2.24, 2.45) is 0 Å². The molecule has 0 unspecified atom stereocenters. The number of Topliss-reactive ketones (excluding diaryl/α,β-unsaturated/α-hetero) is 1. The number of ether oxygens (including phenoxy) is 2. The fourth-order valence-corrected chi connectivity index (χ4v) is 4.89. The number of nitrogens with zero attached hydrogens (tertiary/aromatic N) is 2. The topological polar surface area (TPSA) is 42.0 Å². The summed E-state index contributed by atoms with van der Waals surface area (Å²) in [6.07, 6.45) is 1.89. The number of ketones is 1. The van der Waals surface area contributed by atoms with E-state index >= 15 is 0 Å². The van der Waals surface area contributed by atoms with Crippen molar-refractivity contribution in [2.45, 2.75) is 53.1 Å². The Hall–Kier alpha value is -2.69. The molecule has 31 heavy (non-hydrogen) atoms. The van der Waals surface area contributed by atoms with E-state index in [1.54, 1.807) is 7.11 Å². The van der Waals surface area contributed by atoms with Gasteiger partial charge in [-0.1, -0.05) is 13.3 Å². The lowest BCUT2D eigenvalue weighted by molar-refractivity contribution is 0.0682. The Bertz CT molecular complexity index is 987. The Morgan fingerprint density at radius 3 is 2.19 bits per heavy atom. The smallest absolute Gasteiger partial charge is 0.209 e. The molecular weight excluding hydrogens is 388 g/mol. The number of carbonyl (C=O) groups is 1. The monoisotopic (exact) mass is 422 g/mol. The van der Waals surface area contributed by atoms with E-state index in [1.807, 2.05) is 26.0 Å². The van der Waals surface area contributed by atoms with E-state index in [1.165, 1.54) is 22.5 Å². The average molecular weight is 423 g/mol. The third-order valence-electron chi connectivity index (χ3n) is 6.74. The molecule has 2 aromatic carbocycles. The van der Waals surface area contributed by atoms with Crippen LogP contribution < -0.4 is 19.3 Å². The van der Waals surface area contributed by atoms with Gasteiger partial charge >= 0.3 is 0 Å². The average Bonchev–Trinajstić information content (AvgIpc) is 3.02. The highest BCUT2D eigenvalue weighted by Crippen LogP contribution is 2.46. The number of hydrogen-bond acceptors (Lipinski definition) is 5. The largest absolute Gasteiger partial charge is 0.497 e. The fraction of sp³-hybridized carbons (Fsp3) is 0.500. The van der Waals surface area contributed by atoms with Gasteiger partial charge in [-0.15, -0.1) is 0 Å². The Balaban J connectivity index is 1.65. The molecule has 2 aliphatic rings. The second-order valence-electron chi connectivity index (χ2n) is 9.14. The van der Waals surface area contributed by atoms with E-state index < -0.39 is 5.60 Å². The summed E-state index contributed by atoms with van der Waals surface area (Å²) in [6, 6.07) is 8.28. The maximum atomic E-state index is 13.2. The maximum absolute atomic E-state index is 13.2. The molecule has 5 nitrogen and oxygen atoms in total. The third-order valence-corrected chi connectivity index (χ3v) is 6.74. The van der Waals surface area contributed by atoms with Crippen LogP contribution >= 0.6 is 0 Å². The number of anilines is 2. The molecule has 0 aliphatic carbocycles. The molecule has 0 aromatic heterocycles. The molecular formula is C26H34N2O3. The molecule has 4 rings (SSSR count). The molecule has 0 spiro atoms. The predicted octanol–water partition coefficient (Wildman–Crippen LogP) is 4.94. The molecule has 0 atom stereocenters. The van der Waals surface area contributed by atoms with Gasteiger partial charge in [-0.05, 0) is 75.1 Å². The van der Waals surface area contributed by atoms with Crippen molar-refractivity contribution in [3.05, 3.63) is 46.5 Å². The fourth-order valence-electron chi connectivity index (χ4n) is 4.89. The van der Waals surface area contributed by atoms with E-state index in [0.29, 0.717) is 0 Å². The first kappa shape index (κ1) is 21.5. The lowest BCUT2D eigenvalue weighted by Gasteiger charge is -2.39. The molecule has 1 fully saturated rings. The normalized spacial score (nSPS) is 17.5. The molecule has 2 heterocycles. The Labute approximate surface area is 185 Å². The summed E-state index contributed by atoms with van der Waals surface area (Å²) in [5, 5.41) is 0. The summed E-state index contributed by atoms with van der Waals surface area (Å²) in [5.41, 5.74) is 6.03. The van der Waals surface area contributed by atoms with Gasteiger partial charge in [-0.25, -0.2) is 0 Å². The second kappa shape index (κ2) is 8.10. The molecule has 166 valence electrons. The first-order valence-electron chi connectivity index (χ1n) is 11.3. The van der Waals surface area contributed by atoms with Gasteiger partial charge in [0.1, 0.15) is 11.5 Å². The highest BCUT2D eigenvalue weighted by atomic mass is 16.5. The number of fused-ring (bicyclic) bond motifs is 1. The molecule has 0 N–H and O–H groups in total. The van der Waals surface area contributed by atoms with Crippen molar-refractivity contribution in [1.29, 1.82) is 0 Å². The van der Waals surface area contributed by atoms with Crippen LogP contribution in [0.1, 0.15) is 54.2 Å². The molecule has 1 saturated heterocycles. The van der Waals surface area contributed by atoms with Crippen molar-refractivity contribution in [3.8, 4) is 11.5 Å². The van der Waals surface area contributed by atoms with Gasteiger partial charge < -0.3 is 19.3 Å². The number of benzene rings is 2. The summed E-state index contributed by atoms with van der Waals surface area (Å²) >= 11 is 0. The molecule has 5 heteroatoms. The molecule has 0 bridgehead atoms. The quantitative estimate of drug-likeness (QED) is 0.682. The van der Waals surface area contributed by atoms with Crippen molar-refractivity contribution < 1.29 is 14.3 Å². The lowest BCUT2D eigenvalue weighted by Crippen LogP contribution is -2.47. The van der Waals surface area contributed by atoms with Crippen LogP contribution in [0.2, 0.25) is 0 Å². The number of hydrogen-bond donors (Lipinski definition) is 0. The zero-order chi connectivity index (χ0) is 22.3. The van der Waals surface area contributed by atoms with Gasteiger partial charge in [0.05, 0.1) is 12.7 Å². The Kier molecular flexibility index (Phi) is 5.63. The van der Waals surface area contributed by atoms with Crippen LogP contribution in [-0.4, -0.2) is 44.7 Å². The highest BCUT2D eigenvalue weighted by Gasteiger charge is 2.44. The Morgan fingerprint density at radius 2 is 1.61 bits per heavy atom. The van der Waals surface area contributed by atoms with E-state index in [4.69, 9.17) is 9.47 Å². The Morgan fingerprint density at radius 1 is 1.00 bits per heavy atom. The summed E-state index contributed by atoms with van der Waals surface area (Å²) in [6.45, 7) is 14.0.